The largest absolute Gasteiger partial charge is 0.372 e. The summed E-state index contributed by atoms with van der Waals surface area (Å²) in [6.07, 6.45) is 3.18. The van der Waals surface area contributed by atoms with Crippen molar-refractivity contribution in [2.45, 2.75) is 53.4 Å². The highest BCUT2D eigenvalue weighted by Gasteiger charge is 2.11. The molecule has 1 aromatic rings. The van der Waals surface area contributed by atoms with Gasteiger partial charge in [-0.2, -0.15) is 5.10 Å². The van der Waals surface area contributed by atoms with E-state index in [9.17, 15) is 0 Å². The van der Waals surface area contributed by atoms with Crippen molar-refractivity contribution < 1.29 is 4.74 Å². The minimum absolute atomic E-state index is 0.300. The smallest absolute Gasteiger partial charge is 0.0899 e. The molecule has 0 bridgehead atoms. The third-order valence-electron chi connectivity index (χ3n) is 2.52. The summed E-state index contributed by atoms with van der Waals surface area (Å²) in [5.74, 6) is 0.592. The first-order valence-corrected chi connectivity index (χ1v) is 6.65. The van der Waals surface area contributed by atoms with Crippen molar-refractivity contribution in [3.05, 3.63) is 16.4 Å². The fourth-order valence-corrected chi connectivity index (χ4v) is 1.78. The summed E-state index contributed by atoms with van der Waals surface area (Å²) < 4.78 is 8.81. The van der Waals surface area contributed by atoms with Crippen LogP contribution in [0.25, 0.3) is 0 Å². The third kappa shape index (κ3) is 3.91. The lowest BCUT2D eigenvalue weighted by Crippen LogP contribution is -2.13. The van der Waals surface area contributed by atoms with Crippen LogP contribution in [-0.2, 0) is 17.9 Å². The molecule has 1 heterocycles. The van der Waals surface area contributed by atoms with Crippen molar-refractivity contribution in [2.75, 3.05) is 0 Å². The second kappa shape index (κ2) is 6.40. The number of rotatable bonds is 6. The molecule has 1 aromatic heterocycles. The normalized spacial score (nSPS) is 13.4. The zero-order valence-corrected chi connectivity index (χ0v) is 12.1. The van der Waals surface area contributed by atoms with Gasteiger partial charge in [-0.1, -0.05) is 20.8 Å². The molecule has 0 radical (unpaired) electrons. The van der Waals surface area contributed by atoms with Gasteiger partial charge in [0.15, 0.2) is 0 Å². The number of nitrogens with zero attached hydrogens (tertiary/aromatic N) is 2. The second-order valence-corrected chi connectivity index (χ2v) is 5.40. The Balaban J connectivity index is 2.66. The molecule has 0 aliphatic rings. The van der Waals surface area contributed by atoms with Crippen molar-refractivity contribution in [1.82, 2.24) is 9.78 Å². The zero-order valence-electron chi connectivity index (χ0n) is 10.5. The Kier molecular flexibility index (Phi) is 5.49. The highest BCUT2D eigenvalue weighted by molar-refractivity contribution is 9.10. The van der Waals surface area contributed by atoms with E-state index in [0.29, 0.717) is 18.6 Å². The molecule has 0 aliphatic carbocycles. The van der Waals surface area contributed by atoms with E-state index in [-0.39, 0.29) is 0 Å². The molecule has 0 fully saturated rings. The number of ether oxygens (including phenoxy) is 1. The molecule has 0 unspecified atom stereocenters. The van der Waals surface area contributed by atoms with E-state index in [4.69, 9.17) is 4.74 Å². The number of hydrogen-bond donors (Lipinski definition) is 0. The molecule has 16 heavy (non-hydrogen) atoms. The Bertz CT molecular complexity index is 323. The van der Waals surface area contributed by atoms with Gasteiger partial charge < -0.3 is 4.74 Å². The first-order valence-electron chi connectivity index (χ1n) is 5.86. The highest BCUT2D eigenvalue weighted by Crippen LogP contribution is 2.19. The molecular weight excluding hydrogens is 268 g/mol. The lowest BCUT2D eigenvalue weighted by atomic mass is 10.2. The molecule has 1 rings (SSSR count). The van der Waals surface area contributed by atoms with Crippen LogP contribution in [0.1, 0.15) is 39.8 Å². The van der Waals surface area contributed by atoms with Gasteiger partial charge in [-0.15, -0.1) is 0 Å². The van der Waals surface area contributed by atoms with E-state index in [1.165, 1.54) is 0 Å². The van der Waals surface area contributed by atoms with E-state index in [0.717, 1.165) is 23.1 Å². The zero-order chi connectivity index (χ0) is 12.1. The maximum atomic E-state index is 5.75. The van der Waals surface area contributed by atoms with Gasteiger partial charge in [-0.3, -0.25) is 4.68 Å². The van der Waals surface area contributed by atoms with E-state index in [2.05, 4.69) is 48.7 Å². The first-order chi connectivity index (χ1) is 7.54. The van der Waals surface area contributed by atoms with Gasteiger partial charge in [0.1, 0.15) is 0 Å². The fraction of sp³-hybridized carbons (Fsp3) is 0.750. The van der Waals surface area contributed by atoms with Gasteiger partial charge in [-0.25, -0.2) is 0 Å². The summed E-state index contributed by atoms with van der Waals surface area (Å²) in [7, 11) is 0. The van der Waals surface area contributed by atoms with E-state index in [1.807, 2.05) is 10.9 Å². The molecule has 0 aromatic carbocycles. The maximum absolute atomic E-state index is 5.75. The van der Waals surface area contributed by atoms with Crippen LogP contribution in [0.15, 0.2) is 10.7 Å². The summed E-state index contributed by atoms with van der Waals surface area (Å²) in [6.45, 7) is 10.2. The van der Waals surface area contributed by atoms with Gasteiger partial charge >= 0.3 is 0 Å². The molecule has 0 spiro atoms. The predicted molar refractivity (Wildman–Crippen MR) is 69.3 cm³/mol. The number of hydrogen-bond acceptors (Lipinski definition) is 2. The standard InChI is InChI=1S/C12H21BrN2O/c1-5-10(4)16-8-12-11(13)6-14-15(12)7-9(2)3/h6,9-10H,5,7-8H2,1-4H3/t10-/m1/s1. The molecular formula is C12H21BrN2O. The molecule has 0 aliphatic heterocycles. The molecule has 0 amide bonds. The Labute approximate surface area is 106 Å². The Morgan fingerprint density at radius 1 is 1.44 bits per heavy atom. The highest BCUT2D eigenvalue weighted by atomic mass is 79.9. The molecule has 0 saturated carbocycles. The van der Waals surface area contributed by atoms with Crippen LogP contribution in [-0.4, -0.2) is 15.9 Å². The first kappa shape index (κ1) is 13.7. The Morgan fingerprint density at radius 2 is 2.12 bits per heavy atom. The average molecular weight is 289 g/mol. The molecule has 4 heteroatoms. The Morgan fingerprint density at radius 3 is 2.69 bits per heavy atom. The minimum Gasteiger partial charge on any atom is -0.372 e. The van der Waals surface area contributed by atoms with Crippen LogP contribution in [0.4, 0.5) is 0 Å². The fourth-order valence-electron chi connectivity index (χ4n) is 1.37. The van der Waals surface area contributed by atoms with Crippen LogP contribution in [0, 0.1) is 5.92 Å². The van der Waals surface area contributed by atoms with E-state index >= 15 is 0 Å². The summed E-state index contributed by atoms with van der Waals surface area (Å²) in [5.41, 5.74) is 1.13. The van der Waals surface area contributed by atoms with Gasteiger partial charge in [0.25, 0.3) is 0 Å². The summed E-state index contributed by atoms with van der Waals surface area (Å²) in [4.78, 5) is 0. The summed E-state index contributed by atoms with van der Waals surface area (Å²) in [6, 6.07) is 0. The molecule has 1 atom stereocenters. The second-order valence-electron chi connectivity index (χ2n) is 4.55. The van der Waals surface area contributed by atoms with E-state index in [1.54, 1.807) is 0 Å². The molecule has 0 N–H and O–H groups in total. The molecule has 0 saturated heterocycles. The third-order valence-corrected chi connectivity index (χ3v) is 3.18. The topological polar surface area (TPSA) is 27.1 Å². The summed E-state index contributed by atoms with van der Waals surface area (Å²) in [5, 5.41) is 4.35. The van der Waals surface area contributed by atoms with Crippen LogP contribution < -0.4 is 0 Å². The van der Waals surface area contributed by atoms with Crippen LogP contribution in [0.3, 0.4) is 0 Å². The monoisotopic (exact) mass is 288 g/mol. The van der Waals surface area contributed by atoms with Crippen LogP contribution >= 0.6 is 15.9 Å². The van der Waals surface area contributed by atoms with Crippen molar-refractivity contribution >= 4 is 15.9 Å². The Hall–Kier alpha value is -0.350. The van der Waals surface area contributed by atoms with Gasteiger partial charge in [0.2, 0.25) is 0 Å². The predicted octanol–water partition coefficient (Wildman–Crippen LogP) is 3.62. The van der Waals surface area contributed by atoms with E-state index < -0.39 is 0 Å². The minimum atomic E-state index is 0.300. The average Bonchev–Trinajstić information content (AvgIpc) is 2.56. The summed E-state index contributed by atoms with van der Waals surface area (Å²) >= 11 is 3.52. The van der Waals surface area contributed by atoms with Crippen molar-refractivity contribution in [3.8, 4) is 0 Å². The lowest BCUT2D eigenvalue weighted by molar-refractivity contribution is 0.0460. The van der Waals surface area contributed by atoms with Gasteiger partial charge in [-0.05, 0) is 35.2 Å². The molecule has 92 valence electrons. The maximum Gasteiger partial charge on any atom is 0.0899 e. The molecule has 3 nitrogen and oxygen atoms in total. The van der Waals surface area contributed by atoms with Crippen molar-refractivity contribution in [1.29, 1.82) is 0 Å². The SMILES string of the molecule is CC[C@@H](C)OCc1c(Br)cnn1CC(C)C. The number of halogens is 1. The quantitative estimate of drug-likeness (QED) is 0.799. The lowest BCUT2D eigenvalue weighted by Gasteiger charge is -2.13. The van der Waals surface area contributed by atoms with Crippen LogP contribution in [0.2, 0.25) is 0 Å². The van der Waals surface area contributed by atoms with Crippen molar-refractivity contribution in [2.24, 2.45) is 5.92 Å². The van der Waals surface area contributed by atoms with Crippen LogP contribution in [0.5, 0.6) is 0 Å². The van der Waals surface area contributed by atoms with Gasteiger partial charge in [0.05, 0.1) is 29.1 Å². The van der Waals surface area contributed by atoms with Gasteiger partial charge in [0, 0.05) is 6.54 Å². The van der Waals surface area contributed by atoms with Crippen molar-refractivity contribution in [3.63, 3.8) is 0 Å². The number of aromatic nitrogens is 2.